The molecule has 1 amide bonds. The number of Topliss-reactive ketones (excluding diaryl/α,β-unsaturated/α-hetero) is 1. The summed E-state index contributed by atoms with van der Waals surface area (Å²) in [5.41, 5.74) is 0.511. The molecule has 0 unspecified atom stereocenters. The molecule has 0 radical (unpaired) electrons. The number of amides is 1. The summed E-state index contributed by atoms with van der Waals surface area (Å²) in [6.45, 7) is 8.92. The second kappa shape index (κ2) is 8.95. The number of carbonyl (C=O) groups is 2. The third-order valence-electron chi connectivity index (χ3n) is 4.68. The van der Waals surface area contributed by atoms with Gasteiger partial charge >= 0.3 is 6.09 Å². The summed E-state index contributed by atoms with van der Waals surface area (Å²) in [6.07, 6.45) is 1.45. The first-order valence-electron chi connectivity index (χ1n) is 9.88. The van der Waals surface area contributed by atoms with Gasteiger partial charge < -0.3 is 14.4 Å². The lowest BCUT2D eigenvalue weighted by molar-refractivity contribution is 0.0203. The summed E-state index contributed by atoms with van der Waals surface area (Å²) < 4.78 is 11.3. The number of hydrogen-bond donors (Lipinski definition) is 0. The molecule has 1 fully saturated rings. The Kier molecular flexibility index (Phi) is 6.57. The number of aromatic nitrogens is 1. The minimum Gasteiger partial charge on any atom is -0.472 e. The Balaban J connectivity index is 1.54. The summed E-state index contributed by atoms with van der Waals surface area (Å²) in [5, 5.41) is 0. The number of likely N-dealkylation sites (tertiary alicyclic amines) is 1. The topological polar surface area (TPSA) is 68.7 Å². The summed E-state index contributed by atoms with van der Waals surface area (Å²) in [6, 6.07) is 9.55. The van der Waals surface area contributed by atoms with E-state index in [4.69, 9.17) is 9.47 Å². The average Bonchev–Trinajstić information content (AvgIpc) is 3.15. The zero-order chi connectivity index (χ0) is 21.0. The highest BCUT2D eigenvalue weighted by atomic mass is 32.1. The van der Waals surface area contributed by atoms with Gasteiger partial charge in [-0.25, -0.2) is 9.78 Å². The Hall–Kier alpha value is -2.41. The quantitative estimate of drug-likeness (QED) is 0.639. The van der Waals surface area contributed by atoms with Crippen LogP contribution in [0.2, 0.25) is 0 Å². The fraction of sp³-hybridized carbons (Fsp3) is 0.500. The maximum absolute atomic E-state index is 12.2. The van der Waals surface area contributed by atoms with Crippen molar-refractivity contribution in [3.8, 4) is 5.88 Å². The van der Waals surface area contributed by atoms with Crippen LogP contribution in [0.3, 0.4) is 0 Å². The summed E-state index contributed by atoms with van der Waals surface area (Å²) >= 11 is 1.45. The zero-order valence-corrected chi connectivity index (χ0v) is 18.3. The Morgan fingerprint density at radius 1 is 1.17 bits per heavy atom. The third-order valence-corrected chi connectivity index (χ3v) is 5.84. The molecule has 156 valence electrons. The van der Waals surface area contributed by atoms with Crippen LogP contribution in [0.4, 0.5) is 4.79 Å². The van der Waals surface area contributed by atoms with E-state index < -0.39 is 5.60 Å². The van der Waals surface area contributed by atoms with Gasteiger partial charge in [-0.3, -0.25) is 4.79 Å². The molecular weight excluding hydrogens is 388 g/mol. The molecule has 3 rings (SSSR count). The van der Waals surface area contributed by atoms with Crippen molar-refractivity contribution in [2.24, 2.45) is 0 Å². The number of ketones is 1. The second-order valence-electron chi connectivity index (χ2n) is 8.25. The molecule has 0 aliphatic carbocycles. The number of thiophene rings is 1. The highest BCUT2D eigenvalue weighted by Gasteiger charge is 2.28. The Bertz CT molecular complexity index is 864. The molecule has 29 heavy (non-hydrogen) atoms. The monoisotopic (exact) mass is 416 g/mol. The van der Waals surface area contributed by atoms with Gasteiger partial charge in [0.25, 0.3) is 0 Å². The molecule has 0 spiro atoms. The average molecular weight is 417 g/mol. The number of hydrogen-bond acceptors (Lipinski definition) is 6. The van der Waals surface area contributed by atoms with Crippen LogP contribution in [0.1, 0.15) is 66.7 Å². The Morgan fingerprint density at radius 2 is 1.90 bits per heavy atom. The van der Waals surface area contributed by atoms with Gasteiger partial charge in [0.05, 0.1) is 4.88 Å². The molecule has 1 aliphatic heterocycles. The van der Waals surface area contributed by atoms with E-state index >= 15 is 0 Å². The van der Waals surface area contributed by atoms with Crippen molar-refractivity contribution in [2.75, 3.05) is 13.1 Å². The van der Waals surface area contributed by atoms with Crippen molar-refractivity contribution < 1.29 is 19.1 Å². The molecular formula is C22H28N2O4S. The fourth-order valence-electron chi connectivity index (χ4n) is 3.21. The lowest BCUT2D eigenvalue weighted by Crippen LogP contribution is -2.41. The molecule has 2 aromatic heterocycles. The van der Waals surface area contributed by atoms with Crippen molar-refractivity contribution in [1.82, 2.24) is 9.88 Å². The van der Waals surface area contributed by atoms with Crippen molar-refractivity contribution >= 4 is 23.2 Å². The molecule has 0 aromatic carbocycles. The van der Waals surface area contributed by atoms with Crippen LogP contribution >= 0.6 is 11.3 Å². The molecule has 6 nitrogen and oxygen atoms in total. The van der Waals surface area contributed by atoms with Crippen LogP contribution in [-0.2, 0) is 11.3 Å². The maximum atomic E-state index is 12.2. The number of nitrogens with zero attached hydrogens (tertiary/aromatic N) is 2. The number of piperidine rings is 1. The van der Waals surface area contributed by atoms with Gasteiger partial charge in [0, 0.05) is 35.6 Å². The molecule has 0 atom stereocenters. The first kappa shape index (κ1) is 21.3. The molecule has 0 saturated carbocycles. The van der Waals surface area contributed by atoms with Gasteiger partial charge in [-0.2, -0.15) is 0 Å². The molecule has 2 aromatic rings. The van der Waals surface area contributed by atoms with Gasteiger partial charge in [-0.05, 0) is 58.7 Å². The lowest BCUT2D eigenvalue weighted by atomic mass is 9.93. The summed E-state index contributed by atoms with van der Waals surface area (Å²) in [4.78, 5) is 31.8. The van der Waals surface area contributed by atoms with E-state index in [2.05, 4.69) is 4.98 Å². The first-order chi connectivity index (χ1) is 13.7. The van der Waals surface area contributed by atoms with Crippen molar-refractivity contribution in [1.29, 1.82) is 0 Å². The number of pyridine rings is 1. The Labute approximate surface area is 175 Å². The van der Waals surface area contributed by atoms with Crippen LogP contribution in [-0.4, -0.2) is 40.5 Å². The third kappa shape index (κ3) is 6.03. The first-order valence-corrected chi connectivity index (χ1v) is 10.7. The second-order valence-corrected chi connectivity index (χ2v) is 9.42. The van der Waals surface area contributed by atoms with Gasteiger partial charge in [-0.1, -0.05) is 6.07 Å². The maximum Gasteiger partial charge on any atom is 0.410 e. The fourth-order valence-corrected chi connectivity index (χ4v) is 4.03. The smallest absolute Gasteiger partial charge is 0.410 e. The van der Waals surface area contributed by atoms with Gasteiger partial charge in [-0.15, -0.1) is 11.3 Å². The van der Waals surface area contributed by atoms with E-state index in [1.807, 2.05) is 51.1 Å². The molecule has 0 bridgehead atoms. The van der Waals surface area contributed by atoms with Crippen LogP contribution in [0, 0.1) is 0 Å². The largest absolute Gasteiger partial charge is 0.472 e. The number of carbonyl (C=O) groups excluding carboxylic acids is 2. The van der Waals surface area contributed by atoms with Gasteiger partial charge in [0.2, 0.25) is 5.88 Å². The SMILES string of the molecule is CC(=O)c1ccc(COc2cccc(C3CCN(C(=O)OC(C)(C)C)CC3)n2)s1. The highest BCUT2D eigenvalue weighted by molar-refractivity contribution is 7.14. The minimum atomic E-state index is -0.477. The Morgan fingerprint density at radius 3 is 2.52 bits per heavy atom. The lowest BCUT2D eigenvalue weighted by Gasteiger charge is -2.33. The van der Waals surface area contributed by atoms with Crippen molar-refractivity contribution in [2.45, 2.75) is 58.7 Å². The summed E-state index contributed by atoms with van der Waals surface area (Å²) in [7, 11) is 0. The molecule has 7 heteroatoms. The summed E-state index contributed by atoms with van der Waals surface area (Å²) in [5.74, 6) is 0.942. The molecule has 0 N–H and O–H groups in total. The predicted octanol–water partition coefficient (Wildman–Crippen LogP) is 5.04. The number of rotatable bonds is 5. The standard InChI is InChI=1S/C22H28N2O4S/c1-15(25)19-9-8-17(29-19)14-27-20-7-5-6-18(23-20)16-10-12-24(13-11-16)21(26)28-22(2,3)4/h5-9,16H,10-14H2,1-4H3. The number of ether oxygens (including phenoxy) is 2. The molecule has 1 saturated heterocycles. The zero-order valence-electron chi connectivity index (χ0n) is 17.4. The molecule has 1 aliphatic rings. The van der Waals surface area contributed by atoms with E-state index in [0.29, 0.717) is 31.5 Å². The van der Waals surface area contributed by atoms with Crippen LogP contribution in [0.5, 0.6) is 5.88 Å². The molecule has 3 heterocycles. The normalized spacial score (nSPS) is 15.2. The minimum absolute atomic E-state index is 0.0686. The van der Waals surface area contributed by atoms with E-state index in [-0.39, 0.29) is 11.9 Å². The van der Waals surface area contributed by atoms with Crippen LogP contribution < -0.4 is 4.74 Å². The van der Waals surface area contributed by atoms with Crippen molar-refractivity contribution in [3.05, 3.63) is 45.8 Å². The van der Waals surface area contributed by atoms with Gasteiger partial charge in [0.15, 0.2) is 5.78 Å². The van der Waals surface area contributed by atoms with Crippen molar-refractivity contribution in [3.63, 3.8) is 0 Å². The van der Waals surface area contributed by atoms with E-state index in [0.717, 1.165) is 28.3 Å². The van der Waals surface area contributed by atoms with Crippen LogP contribution in [0.25, 0.3) is 0 Å². The van der Waals surface area contributed by atoms with Gasteiger partial charge in [0.1, 0.15) is 12.2 Å². The van der Waals surface area contributed by atoms with E-state index in [1.165, 1.54) is 11.3 Å². The predicted molar refractivity (Wildman–Crippen MR) is 113 cm³/mol. The van der Waals surface area contributed by atoms with E-state index in [1.54, 1.807) is 11.8 Å². The highest BCUT2D eigenvalue weighted by Crippen LogP contribution is 2.29. The van der Waals surface area contributed by atoms with Crippen LogP contribution in [0.15, 0.2) is 30.3 Å². The van der Waals surface area contributed by atoms with E-state index in [9.17, 15) is 9.59 Å².